The number of carbonyl (C=O) groups is 1. The lowest BCUT2D eigenvalue weighted by molar-refractivity contribution is -0.116. The van der Waals surface area contributed by atoms with Gasteiger partial charge >= 0.3 is 0 Å². The quantitative estimate of drug-likeness (QED) is 0.802. The number of halogens is 1. The Morgan fingerprint density at radius 2 is 2.24 bits per heavy atom. The summed E-state index contributed by atoms with van der Waals surface area (Å²) < 4.78 is 18.3. The predicted octanol–water partition coefficient (Wildman–Crippen LogP) is 2.46. The number of nitrogen functional groups attached to an aromatic ring is 1. The molecule has 1 aromatic carbocycles. The van der Waals surface area contributed by atoms with E-state index in [1.165, 1.54) is 18.2 Å². The van der Waals surface area contributed by atoms with E-state index in [1.807, 2.05) is 24.1 Å². The molecule has 21 heavy (non-hydrogen) atoms. The molecule has 1 aromatic heterocycles. The normalized spacial score (nSPS) is 10.8. The zero-order valence-corrected chi connectivity index (χ0v) is 11.8. The van der Waals surface area contributed by atoms with Crippen molar-refractivity contribution in [3.8, 4) is 0 Å². The molecule has 1 heterocycles. The van der Waals surface area contributed by atoms with Crippen molar-refractivity contribution in [3.63, 3.8) is 0 Å². The summed E-state index contributed by atoms with van der Waals surface area (Å²) in [5, 5.41) is 2.69. The summed E-state index contributed by atoms with van der Waals surface area (Å²) in [6.07, 6.45) is 1.95. The van der Waals surface area contributed by atoms with Gasteiger partial charge in [0, 0.05) is 18.7 Å². The Balaban J connectivity index is 1.77. The molecule has 0 saturated heterocycles. The second-order valence-electron chi connectivity index (χ2n) is 4.85. The second-order valence-corrected chi connectivity index (χ2v) is 4.85. The van der Waals surface area contributed by atoms with Gasteiger partial charge < -0.3 is 15.5 Å². The van der Waals surface area contributed by atoms with Gasteiger partial charge in [0.1, 0.15) is 11.6 Å². The monoisotopic (exact) mass is 291 g/mol. The molecular weight excluding hydrogens is 273 g/mol. The summed E-state index contributed by atoms with van der Waals surface area (Å²) in [7, 11) is 1.91. The maximum absolute atomic E-state index is 13.0. The lowest BCUT2D eigenvalue weighted by Gasteiger charge is -2.14. The summed E-state index contributed by atoms with van der Waals surface area (Å²) in [4.78, 5) is 13.8. The molecule has 0 spiro atoms. The van der Waals surface area contributed by atoms with Gasteiger partial charge in [-0.1, -0.05) is 0 Å². The fourth-order valence-electron chi connectivity index (χ4n) is 1.89. The van der Waals surface area contributed by atoms with Crippen molar-refractivity contribution in [3.05, 3.63) is 48.2 Å². The molecule has 0 aliphatic rings. The molecule has 1 amide bonds. The van der Waals surface area contributed by atoms with Crippen molar-refractivity contribution in [1.82, 2.24) is 4.90 Å². The average Bonchev–Trinajstić information content (AvgIpc) is 2.93. The third-order valence-corrected chi connectivity index (χ3v) is 3.01. The van der Waals surface area contributed by atoms with Gasteiger partial charge in [-0.3, -0.25) is 9.69 Å². The summed E-state index contributed by atoms with van der Waals surface area (Å²) in [6.45, 7) is 1.23. The van der Waals surface area contributed by atoms with E-state index in [2.05, 4.69) is 5.32 Å². The minimum atomic E-state index is -0.494. The number of hydrogen-bond acceptors (Lipinski definition) is 4. The van der Waals surface area contributed by atoms with Gasteiger partial charge in [-0.15, -0.1) is 0 Å². The first-order valence-corrected chi connectivity index (χ1v) is 6.60. The van der Waals surface area contributed by atoms with Crippen LogP contribution in [-0.2, 0) is 11.3 Å². The number of nitrogens with zero attached hydrogens (tertiary/aromatic N) is 1. The van der Waals surface area contributed by atoms with Crippen LogP contribution in [-0.4, -0.2) is 24.4 Å². The minimum absolute atomic E-state index is 0.0164. The van der Waals surface area contributed by atoms with E-state index in [4.69, 9.17) is 10.2 Å². The number of nitrogens with two attached hydrogens (primary N) is 1. The third-order valence-electron chi connectivity index (χ3n) is 3.01. The van der Waals surface area contributed by atoms with E-state index in [1.54, 1.807) is 6.26 Å². The number of amides is 1. The highest BCUT2D eigenvalue weighted by molar-refractivity contribution is 5.91. The lowest BCUT2D eigenvalue weighted by Crippen LogP contribution is -2.23. The van der Waals surface area contributed by atoms with Crippen LogP contribution in [0.3, 0.4) is 0 Å². The Morgan fingerprint density at radius 1 is 1.43 bits per heavy atom. The highest BCUT2D eigenvalue weighted by Crippen LogP contribution is 2.16. The molecule has 0 fully saturated rings. The molecule has 5 nitrogen and oxygen atoms in total. The molecule has 2 aromatic rings. The SMILES string of the molecule is CN(CCC(=O)Nc1ccc(F)c(N)c1)Cc1ccco1. The Kier molecular flexibility index (Phi) is 4.94. The number of hydrogen-bond donors (Lipinski definition) is 2. The summed E-state index contributed by atoms with van der Waals surface area (Å²) in [5.41, 5.74) is 5.96. The Bertz CT molecular complexity index is 599. The molecule has 0 atom stereocenters. The zero-order chi connectivity index (χ0) is 15.2. The summed E-state index contributed by atoms with van der Waals surface area (Å²) in [6, 6.07) is 7.83. The first-order valence-electron chi connectivity index (χ1n) is 6.60. The molecular formula is C15H18FN3O2. The van der Waals surface area contributed by atoms with Crippen LogP contribution in [0.1, 0.15) is 12.2 Å². The van der Waals surface area contributed by atoms with Crippen molar-refractivity contribution < 1.29 is 13.6 Å². The number of nitrogens with one attached hydrogen (secondary N) is 1. The third kappa shape index (κ3) is 4.61. The fraction of sp³-hybridized carbons (Fsp3) is 0.267. The van der Waals surface area contributed by atoms with E-state index in [0.717, 1.165) is 5.76 Å². The van der Waals surface area contributed by atoms with E-state index in [0.29, 0.717) is 25.2 Å². The van der Waals surface area contributed by atoms with Crippen LogP contribution in [0, 0.1) is 5.82 Å². The summed E-state index contributed by atoms with van der Waals surface area (Å²) in [5.74, 6) is 0.211. The standard InChI is InChI=1S/C15H18FN3O2/c1-19(10-12-3-2-8-21-12)7-6-15(20)18-11-4-5-13(16)14(17)9-11/h2-5,8-9H,6-7,10,17H2,1H3,(H,18,20). The van der Waals surface area contributed by atoms with E-state index in [9.17, 15) is 9.18 Å². The van der Waals surface area contributed by atoms with Crippen LogP contribution in [0.15, 0.2) is 41.0 Å². The van der Waals surface area contributed by atoms with Crippen molar-refractivity contribution >= 4 is 17.3 Å². The fourth-order valence-corrected chi connectivity index (χ4v) is 1.89. The maximum Gasteiger partial charge on any atom is 0.225 e. The van der Waals surface area contributed by atoms with Gasteiger partial charge in [0.05, 0.1) is 18.5 Å². The average molecular weight is 291 g/mol. The van der Waals surface area contributed by atoms with Crippen LogP contribution < -0.4 is 11.1 Å². The van der Waals surface area contributed by atoms with Crippen LogP contribution in [0.4, 0.5) is 15.8 Å². The first kappa shape index (κ1) is 15.1. The smallest absolute Gasteiger partial charge is 0.225 e. The minimum Gasteiger partial charge on any atom is -0.468 e. The van der Waals surface area contributed by atoms with Gasteiger partial charge in [0.2, 0.25) is 5.91 Å². The van der Waals surface area contributed by atoms with Crippen molar-refractivity contribution in [1.29, 1.82) is 0 Å². The zero-order valence-electron chi connectivity index (χ0n) is 11.8. The number of furan rings is 1. The topological polar surface area (TPSA) is 71.5 Å². The number of anilines is 2. The highest BCUT2D eigenvalue weighted by atomic mass is 19.1. The van der Waals surface area contributed by atoms with Crippen LogP contribution >= 0.6 is 0 Å². The summed E-state index contributed by atoms with van der Waals surface area (Å²) >= 11 is 0. The number of carbonyl (C=O) groups excluding carboxylic acids is 1. The highest BCUT2D eigenvalue weighted by Gasteiger charge is 2.08. The first-order chi connectivity index (χ1) is 10.0. The van der Waals surface area contributed by atoms with E-state index >= 15 is 0 Å². The van der Waals surface area contributed by atoms with Gasteiger partial charge in [0.25, 0.3) is 0 Å². The molecule has 3 N–H and O–H groups in total. The van der Waals surface area contributed by atoms with Crippen molar-refractivity contribution in [2.75, 3.05) is 24.6 Å². The lowest BCUT2D eigenvalue weighted by atomic mass is 10.2. The van der Waals surface area contributed by atoms with Crippen molar-refractivity contribution in [2.24, 2.45) is 0 Å². The molecule has 0 aliphatic heterocycles. The van der Waals surface area contributed by atoms with Crippen LogP contribution in [0.5, 0.6) is 0 Å². The Labute approximate surface area is 122 Å². The van der Waals surface area contributed by atoms with Gasteiger partial charge in [-0.2, -0.15) is 0 Å². The molecule has 0 radical (unpaired) electrons. The molecule has 0 bridgehead atoms. The largest absolute Gasteiger partial charge is 0.468 e. The molecule has 0 aliphatic carbocycles. The number of rotatable bonds is 6. The molecule has 0 saturated carbocycles. The predicted molar refractivity (Wildman–Crippen MR) is 79.1 cm³/mol. The molecule has 2 rings (SSSR count). The maximum atomic E-state index is 13.0. The van der Waals surface area contributed by atoms with Crippen LogP contribution in [0.25, 0.3) is 0 Å². The Morgan fingerprint density at radius 3 is 2.90 bits per heavy atom. The van der Waals surface area contributed by atoms with E-state index in [-0.39, 0.29) is 11.6 Å². The van der Waals surface area contributed by atoms with Crippen molar-refractivity contribution in [2.45, 2.75) is 13.0 Å². The van der Waals surface area contributed by atoms with Gasteiger partial charge in [-0.25, -0.2) is 4.39 Å². The second kappa shape index (κ2) is 6.90. The number of benzene rings is 1. The van der Waals surface area contributed by atoms with Gasteiger partial charge in [-0.05, 0) is 37.4 Å². The molecule has 0 unspecified atom stereocenters. The Hall–Kier alpha value is -2.34. The van der Waals surface area contributed by atoms with Gasteiger partial charge in [0.15, 0.2) is 0 Å². The molecule has 6 heteroatoms. The van der Waals surface area contributed by atoms with Crippen LogP contribution in [0.2, 0.25) is 0 Å². The molecule has 112 valence electrons. The van der Waals surface area contributed by atoms with E-state index < -0.39 is 5.82 Å².